The van der Waals surface area contributed by atoms with Crippen molar-refractivity contribution < 1.29 is 24.2 Å². The molecule has 0 aromatic heterocycles. The van der Waals surface area contributed by atoms with Gasteiger partial charge in [0.2, 0.25) is 0 Å². The minimum absolute atomic E-state index is 0.0254. The SMILES string of the molecule is CC(=O)OC1CCC2(C)C(CCC3(C)C2CCC2C(C(C)(O)C4CCC(C)(C)O4)C(=O)CC23C)C1(C)C. The monoisotopic (exact) mass is 516 g/mol. The summed E-state index contributed by atoms with van der Waals surface area (Å²) in [7, 11) is 0. The van der Waals surface area contributed by atoms with E-state index in [0.29, 0.717) is 18.3 Å². The van der Waals surface area contributed by atoms with Crippen molar-refractivity contribution >= 4 is 11.8 Å². The van der Waals surface area contributed by atoms with Crippen molar-refractivity contribution in [1.82, 2.24) is 0 Å². The first-order valence-electron chi connectivity index (χ1n) is 15.0. The number of ketones is 1. The first kappa shape index (κ1) is 27.6. The van der Waals surface area contributed by atoms with Gasteiger partial charge >= 0.3 is 5.97 Å². The Bertz CT molecular complexity index is 966. The maximum atomic E-state index is 13.9. The van der Waals surface area contributed by atoms with Gasteiger partial charge in [-0.2, -0.15) is 0 Å². The van der Waals surface area contributed by atoms with E-state index in [-0.39, 0.29) is 63.1 Å². The molecule has 10 atom stereocenters. The zero-order chi connectivity index (χ0) is 27.4. The van der Waals surface area contributed by atoms with Crippen LogP contribution in [0.5, 0.6) is 0 Å². The average Bonchev–Trinajstić information content (AvgIpc) is 3.26. The van der Waals surface area contributed by atoms with Crippen molar-refractivity contribution in [3.63, 3.8) is 0 Å². The van der Waals surface area contributed by atoms with Crippen LogP contribution in [0.2, 0.25) is 0 Å². The lowest BCUT2D eigenvalue weighted by Crippen LogP contribution is -2.64. The van der Waals surface area contributed by atoms with Crippen LogP contribution in [0.4, 0.5) is 0 Å². The number of carbonyl (C=O) groups excluding carboxylic acids is 2. The summed E-state index contributed by atoms with van der Waals surface area (Å²) < 4.78 is 12.2. The van der Waals surface area contributed by atoms with E-state index in [1.54, 1.807) is 0 Å². The largest absolute Gasteiger partial charge is 0.462 e. The van der Waals surface area contributed by atoms with Crippen molar-refractivity contribution in [3.8, 4) is 0 Å². The molecule has 1 saturated heterocycles. The van der Waals surface area contributed by atoms with Crippen molar-refractivity contribution in [2.75, 3.05) is 0 Å². The third-order valence-electron chi connectivity index (χ3n) is 13.2. The Morgan fingerprint density at radius 2 is 1.59 bits per heavy atom. The van der Waals surface area contributed by atoms with Gasteiger partial charge in [0.1, 0.15) is 11.9 Å². The summed E-state index contributed by atoms with van der Waals surface area (Å²) in [5.41, 5.74) is -1.37. The lowest BCUT2D eigenvalue weighted by Gasteiger charge is -2.69. The van der Waals surface area contributed by atoms with Gasteiger partial charge in [-0.05, 0) is 106 Å². The zero-order valence-corrected chi connectivity index (χ0v) is 24.9. The second kappa shape index (κ2) is 8.29. The van der Waals surface area contributed by atoms with Crippen LogP contribution in [0.25, 0.3) is 0 Å². The molecule has 1 heterocycles. The van der Waals surface area contributed by atoms with E-state index >= 15 is 0 Å². The fraction of sp³-hybridized carbons (Fsp3) is 0.938. The highest BCUT2D eigenvalue weighted by atomic mass is 16.5. The summed E-state index contributed by atoms with van der Waals surface area (Å²) >= 11 is 0. The summed E-state index contributed by atoms with van der Waals surface area (Å²) in [5, 5.41) is 12.0. The number of esters is 1. The van der Waals surface area contributed by atoms with Gasteiger partial charge in [0.25, 0.3) is 0 Å². The average molecular weight is 517 g/mol. The van der Waals surface area contributed by atoms with E-state index in [4.69, 9.17) is 9.47 Å². The molecule has 5 heteroatoms. The van der Waals surface area contributed by atoms with Gasteiger partial charge in [0.15, 0.2) is 0 Å². The summed E-state index contributed by atoms with van der Waals surface area (Å²) in [6.45, 7) is 19.6. The summed E-state index contributed by atoms with van der Waals surface area (Å²) in [4.78, 5) is 25.8. The molecule has 5 fully saturated rings. The smallest absolute Gasteiger partial charge is 0.302 e. The summed E-state index contributed by atoms with van der Waals surface area (Å²) in [5.74, 6) is 0.925. The molecule has 0 spiro atoms. The van der Waals surface area contributed by atoms with Gasteiger partial charge in [-0.15, -0.1) is 0 Å². The number of hydrogen-bond acceptors (Lipinski definition) is 5. The molecule has 0 radical (unpaired) electrons. The fourth-order valence-electron chi connectivity index (χ4n) is 11.2. The van der Waals surface area contributed by atoms with E-state index < -0.39 is 5.60 Å². The van der Waals surface area contributed by atoms with Crippen molar-refractivity contribution in [1.29, 1.82) is 0 Å². The molecule has 4 saturated carbocycles. The highest BCUT2D eigenvalue weighted by Gasteiger charge is 2.72. The van der Waals surface area contributed by atoms with Crippen LogP contribution in [0.15, 0.2) is 0 Å². The molecule has 0 amide bonds. The second-order valence-corrected chi connectivity index (χ2v) is 15.9. The lowest BCUT2D eigenvalue weighted by atomic mass is 9.35. The first-order chi connectivity index (χ1) is 16.9. The Balaban J connectivity index is 1.46. The van der Waals surface area contributed by atoms with Crippen molar-refractivity contribution in [2.24, 2.45) is 45.3 Å². The van der Waals surface area contributed by atoms with E-state index in [2.05, 4.69) is 48.5 Å². The number of carbonyl (C=O) groups is 2. The second-order valence-electron chi connectivity index (χ2n) is 15.9. The highest BCUT2D eigenvalue weighted by molar-refractivity contribution is 5.86. The maximum absolute atomic E-state index is 13.9. The van der Waals surface area contributed by atoms with Crippen LogP contribution in [0.1, 0.15) is 120 Å². The molecule has 37 heavy (non-hydrogen) atoms. The van der Waals surface area contributed by atoms with Gasteiger partial charge in [-0.3, -0.25) is 9.59 Å². The molecule has 0 aromatic carbocycles. The van der Waals surface area contributed by atoms with Crippen molar-refractivity contribution in [3.05, 3.63) is 0 Å². The van der Waals surface area contributed by atoms with Gasteiger partial charge < -0.3 is 14.6 Å². The Labute approximate surface area is 224 Å². The van der Waals surface area contributed by atoms with Crippen LogP contribution >= 0.6 is 0 Å². The number of rotatable bonds is 3. The standard InChI is InChI=1S/C32H52O5/c1-19(33)36-24-14-16-29(6)22(28(24,4)5)12-17-30(7)23(29)11-10-20-26(21(34)18-31(20,30)8)32(9,35)25-13-15-27(2,3)37-25/h20,22-26,35H,10-18H2,1-9H3. The number of ether oxygens (including phenoxy) is 2. The Hall–Kier alpha value is -0.940. The van der Waals surface area contributed by atoms with Gasteiger partial charge in [0, 0.05) is 18.8 Å². The molecular weight excluding hydrogens is 464 g/mol. The molecule has 5 aliphatic rings. The van der Waals surface area contributed by atoms with Gasteiger partial charge in [0.05, 0.1) is 23.2 Å². The third-order valence-corrected chi connectivity index (χ3v) is 13.2. The van der Waals surface area contributed by atoms with Gasteiger partial charge in [-0.25, -0.2) is 0 Å². The first-order valence-corrected chi connectivity index (χ1v) is 15.0. The lowest BCUT2D eigenvalue weighted by molar-refractivity contribution is -0.232. The Morgan fingerprint density at radius 1 is 0.919 bits per heavy atom. The number of hydrogen-bond donors (Lipinski definition) is 1. The quantitative estimate of drug-likeness (QED) is 0.434. The van der Waals surface area contributed by atoms with Crippen LogP contribution in [-0.2, 0) is 19.1 Å². The maximum Gasteiger partial charge on any atom is 0.302 e. The molecule has 1 aliphatic heterocycles. The molecule has 5 nitrogen and oxygen atoms in total. The fourth-order valence-corrected chi connectivity index (χ4v) is 11.2. The number of Topliss-reactive ketones (excluding diaryl/α,β-unsaturated/α-hetero) is 1. The molecule has 4 aliphatic carbocycles. The molecule has 210 valence electrons. The molecule has 1 N–H and O–H groups in total. The minimum atomic E-state index is -1.14. The van der Waals surface area contributed by atoms with Crippen molar-refractivity contribution in [2.45, 2.75) is 144 Å². The topological polar surface area (TPSA) is 72.8 Å². The highest BCUT2D eigenvalue weighted by Crippen LogP contribution is 2.75. The van der Waals surface area contributed by atoms with Crippen LogP contribution in [0, 0.1) is 45.3 Å². The van der Waals surface area contributed by atoms with Crippen LogP contribution in [-0.4, -0.2) is 40.3 Å². The normalized spacial score (nSPS) is 49.9. The summed E-state index contributed by atoms with van der Waals surface area (Å²) in [6.07, 6.45) is 8.27. The third kappa shape index (κ3) is 3.75. The minimum Gasteiger partial charge on any atom is -0.462 e. The van der Waals surface area contributed by atoms with E-state index in [0.717, 1.165) is 51.4 Å². The molecular formula is C32H52O5. The number of fused-ring (bicyclic) bond motifs is 5. The van der Waals surface area contributed by atoms with E-state index in [1.807, 2.05) is 6.92 Å². The predicted molar refractivity (Wildman–Crippen MR) is 144 cm³/mol. The predicted octanol–water partition coefficient (Wildman–Crippen LogP) is 6.49. The molecule has 10 unspecified atom stereocenters. The van der Waals surface area contributed by atoms with Gasteiger partial charge in [-0.1, -0.05) is 34.6 Å². The Kier molecular flexibility index (Phi) is 6.19. The van der Waals surface area contributed by atoms with E-state index in [9.17, 15) is 14.7 Å². The van der Waals surface area contributed by atoms with E-state index in [1.165, 1.54) is 6.92 Å². The van der Waals surface area contributed by atoms with Crippen LogP contribution in [0.3, 0.4) is 0 Å². The molecule has 0 bridgehead atoms. The summed E-state index contributed by atoms with van der Waals surface area (Å²) in [6, 6.07) is 0. The molecule has 0 aromatic rings. The Morgan fingerprint density at radius 3 is 2.19 bits per heavy atom. The molecule has 5 rings (SSSR count). The zero-order valence-electron chi connectivity index (χ0n) is 24.9. The number of aliphatic hydroxyl groups is 1. The van der Waals surface area contributed by atoms with Crippen LogP contribution < -0.4 is 0 Å².